The van der Waals surface area contributed by atoms with Crippen LogP contribution in [0.2, 0.25) is 0 Å². The number of hydrogen-bond donors (Lipinski definition) is 1. The quantitative estimate of drug-likeness (QED) is 0.914. The Morgan fingerprint density at radius 1 is 1.47 bits per heavy atom. The highest BCUT2D eigenvalue weighted by molar-refractivity contribution is 9.10. The van der Waals surface area contributed by atoms with E-state index in [9.17, 15) is 5.11 Å². The molecule has 0 bridgehead atoms. The summed E-state index contributed by atoms with van der Waals surface area (Å²) in [6.45, 7) is 3.02. The number of aromatic nitrogens is 3. The zero-order valence-electron chi connectivity index (χ0n) is 10.9. The van der Waals surface area contributed by atoms with Crippen LogP contribution in [0.4, 0.5) is 0 Å². The molecule has 0 fully saturated rings. The van der Waals surface area contributed by atoms with Crippen molar-refractivity contribution in [1.82, 2.24) is 14.8 Å². The average molecular weight is 326 g/mol. The van der Waals surface area contributed by atoms with Gasteiger partial charge >= 0.3 is 0 Å². The maximum Gasteiger partial charge on any atom is 0.139 e. The molecule has 2 aromatic rings. The number of rotatable bonds is 5. The Balaban J connectivity index is 2.32. The van der Waals surface area contributed by atoms with Gasteiger partial charge in [0, 0.05) is 12.8 Å². The summed E-state index contributed by atoms with van der Waals surface area (Å²) >= 11 is 3.41. The molecule has 1 unspecified atom stereocenters. The lowest BCUT2D eigenvalue weighted by Gasteiger charge is -2.14. The molecule has 2 heterocycles. The highest BCUT2D eigenvalue weighted by atomic mass is 79.9. The molecular weight excluding hydrogens is 310 g/mol. The molecule has 0 aliphatic heterocycles. The van der Waals surface area contributed by atoms with Gasteiger partial charge in [-0.1, -0.05) is 6.07 Å². The first-order chi connectivity index (χ1) is 9.13. The Hall–Kier alpha value is -1.24. The van der Waals surface area contributed by atoms with Gasteiger partial charge in [-0.15, -0.1) is 0 Å². The van der Waals surface area contributed by atoms with E-state index in [1.165, 1.54) is 0 Å². The molecule has 0 amide bonds. The smallest absolute Gasteiger partial charge is 0.139 e. The van der Waals surface area contributed by atoms with Crippen molar-refractivity contribution in [2.75, 3.05) is 13.7 Å². The number of nitrogens with zero attached hydrogens (tertiary/aromatic N) is 3. The monoisotopic (exact) mass is 325 g/mol. The maximum atomic E-state index is 10.5. The zero-order chi connectivity index (χ0) is 13.8. The van der Waals surface area contributed by atoms with Crippen LogP contribution in [0.5, 0.6) is 0 Å². The molecule has 0 aliphatic rings. The van der Waals surface area contributed by atoms with Crippen LogP contribution < -0.4 is 0 Å². The molecule has 6 heteroatoms. The van der Waals surface area contributed by atoms with E-state index in [-0.39, 0.29) is 0 Å². The third kappa shape index (κ3) is 3.20. The highest BCUT2D eigenvalue weighted by Gasteiger charge is 2.20. The molecule has 2 aromatic heterocycles. The summed E-state index contributed by atoms with van der Waals surface area (Å²) in [7, 11) is 1.64. The highest BCUT2D eigenvalue weighted by Crippen LogP contribution is 2.27. The van der Waals surface area contributed by atoms with Crippen LogP contribution in [-0.2, 0) is 11.3 Å². The minimum Gasteiger partial charge on any atom is -0.383 e. The van der Waals surface area contributed by atoms with Gasteiger partial charge in [0.2, 0.25) is 0 Å². The van der Waals surface area contributed by atoms with Gasteiger partial charge in [0.1, 0.15) is 6.10 Å². The Kier molecular flexibility index (Phi) is 4.68. The van der Waals surface area contributed by atoms with Crippen LogP contribution in [-0.4, -0.2) is 33.6 Å². The van der Waals surface area contributed by atoms with Crippen LogP contribution in [0.1, 0.15) is 23.2 Å². The van der Waals surface area contributed by atoms with Crippen molar-refractivity contribution in [3.05, 3.63) is 46.0 Å². The predicted molar refractivity (Wildman–Crippen MR) is 74.8 cm³/mol. The first-order valence-electron chi connectivity index (χ1n) is 5.95. The normalized spacial score (nSPS) is 12.6. The number of methoxy groups -OCH3 is 1. The van der Waals surface area contributed by atoms with Crippen LogP contribution in [0, 0.1) is 6.92 Å². The summed E-state index contributed by atoms with van der Waals surface area (Å²) in [5.41, 5.74) is 2.17. The lowest BCUT2D eigenvalue weighted by Crippen LogP contribution is -2.14. The Labute approximate surface area is 120 Å². The molecule has 5 nitrogen and oxygen atoms in total. The molecule has 0 radical (unpaired) electrons. The van der Waals surface area contributed by atoms with Crippen molar-refractivity contribution in [3.63, 3.8) is 0 Å². The van der Waals surface area contributed by atoms with Crippen LogP contribution >= 0.6 is 15.9 Å². The summed E-state index contributed by atoms with van der Waals surface area (Å²) in [6.07, 6.45) is 0.859. The van der Waals surface area contributed by atoms with Gasteiger partial charge in [0.05, 0.1) is 35.2 Å². The van der Waals surface area contributed by atoms with Gasteiger partial charge in [-0.3, -0.25) is 9.67 Å². The lowest BCUT2D eigenvalue weighted by atomic mass is 10.1. The van der Waals surface area contributed by atoms with Crippen LogP contribution in [0.25, 0.3) is 0 Å². The number of aliphatic hydroxyl groups excluding tert-OH is 1. The van der Waals surface area contributed by atoms with E-state index in [1.807, 2.05) is 19.1 Å². The molecule has 1 atom stereocenters. The number of aryl methyl sites for hydroxylation is 1. The van der Waals surface area contributed by atoms with Gasteiger partial charge in [0.25, 0.3) is 0 Å². The van der Waals surface area contributed by atoms with Crippen molar-refractivity contribution >= 4 is 15.9 Å². The Bertz CT molecular complexity index is 557. The van der Waals surface area contributed by atoms with Gasteiger partial charge in [-0.25, -0.2) is 0 Å². The summed E-state index contributed by atoms with van der Waals surface area (Å²) in [4.78, 5) is 4.35. The third-order valence-electron chi connectivity index (χ3n) is 2.79. The second kappa shape index (κ2) is 6.27. The minimum atomic E-state index is -0.811. The van der Waals surface area contributed by atoms with Gasteiger partial charge < -0.3 is 9.84 Å². The molecule has 1 N–H and O–H groups in total. The fourth-order valence-corrected chi connectivity index (χ4v) is 2.37. The van der Waals surface area contributed by atoms with E-state index >= 15 is 0 Å². The molecule has 0 aromatic carbocycles. The Morgan fingerprint density at radius 2 is 2.26 bits per heavy atom. The van der Waals surface area contributed by atoms with E-state index in [0.29, 0.717) is 24.5 Å². The fraction of sp³-hybridized carbons (Fsp3) is 0.385. The molecule has 0 saturated carbocycles. The minimum absolute atomic E-state index is 0.537. The first-order valence-corrected chi connectivity index (χ1v) is 6.74. The molecule has 102 valence electrons. The van der Waals surface area contributed by atoms with E-state index in [2.05, 4.69) is 26.0 Å². The van der Waals surface area contributed by atoms with Crippen molar-refractivity contribution < 1.29 is 9.84 Å². The second-order valence-corrected chi connectivity index (χ2v) is 5.05. The summed E-state index contributed by atoms with van der Waals surface area (Å²) < 4.78 is 7.53. The van der Waals surface area contributed by atoms with Crippen molar-refractivity contribution in [2.24, 2.45) is 0 Å². The van der Waals surface area contributed by atoms with E-state index < -0.39 is 6.10 Å². The van der Waals surface area contributed by atoms with Gasteiger partial charge in [-0.05, 0) is 35.0 Å². The SMILES string of the molecule is COCCn1ncc(Br)c1C(O)c1cccc(C)n1. The molecule has 0 spiro atoms. The number of aliphatic hydroxyl groups is 1. The maximum absolute atomic E-state index is 10.5. The molecule has 0 aliphatic carbocycles. The van der Waals surface area contributed by atoms with E-state index in [4.69, 9.17) is 4.74 Å². The third-order valence-corrected chi connectivity index (χ3v) is 3.40. The molecule has 19 heavy (non-hydrogen) atoms. The average Bonchev–Trinajstić information content (AvgIpc) is 2.76. The molecule has 0 saturated heterocycles. The van der Waals surface area contributed by atoms with Crippen molar-refractivity contribution in [2.45, 2.75) is 19.6 Å². The number of halogens is 1. The number of ether oxygens (including phenoxy) is 1. The van der Waals surface area contributed by atoms with Crippen LogP contribution in [0.3, 0.4) is 0 Å². The summed E-state index contributed by atoms with van der Waals surface area (Å²) in [5.74, 6) is 0. The summed E-state index contributed by atoms with van der Waals surface area (Å²) in [6, 6.07) is 5.58. The zero-order valence-corrected chi connectivity index (χ0v) is 12.5. The van der Waals surface area contributed by atoms with Crippen molar-refractivity contribution in [1.29, 1.82) is 0 Å². The van der Waals surface area contributed by atoms with E-state index in [1.54, 1.807) is 24.1 Å². The summed E-state index contributed by atoms with van der Waals surface area (Å²) in [5, 5.41) is 14.7. The van der Waals surface area contributed by atoms with Crippen molar-refractivity contribution in [3.8, 4) is 0 Å². The molecule has 2 rings (SSSR count). The largest absolute Gasteiger partial charge is 0.383 e. The topological polar surface area (TPSA) is 60.2 Å². The van der Waals surface area contributed by atoms with E-state index in [0.717, 1.165) is 10.2 Å². The van der Waals surface area contributed by atoms with Gasteiger partial charge in [-0.2, -0.15) is 5.10 Å². The standard InChI is InChI=1S/C13H16BrN3O2/c1-9-4-3-5-11(16-9)13(18)12-10(14)8-15-17(12)6-7-19-2/h3-5,8,13,18H,6-7H2,1-2H3. The Morgan fingerprint density at radius 3 is 2.95 bits per heavy atom. The van der Waals surface area contributed by atoms with Gasteiger partial charge in [0.15, 0.2) is 0 Å². The fourth-order valence-electron chi connectivity index (χ4n) is 1.86. The number of pyridine rings is 1. The lowest BCUT2D eigenvalue weighted by molar-refractivity contribution is 0.169. The van der Waals surface area contributed by atoms with Crippen LogP contribution in [0.15, 0.2) is 28.9 Å². The first kappa shape index (κ1) is 14.2. The number of hydrogen-bond acceptors (Lipinski definition) is 4. The predicted octanol–water partition coefficient (Wildman–Crippen LogP) is 2.08. The molecular formula is C13H16BrN3O2. The second-order valence-electron chi connectivity index (χ2n) is 4.20.